The summed E-state index contributed by atoms with van der Waals surface area (Å²) in [6.45, 7) is 3.56. The van der Waals surface area contributed by atoms with Crippen LogP contribution in [0, 0.1) is 6.92 Å². The normalized spacial score (nSPS) is 12.5. The van der Waals surface area contributed by atoms with Gasteiger partial charge in [-0.25, -0.2) is 13.5 Å². The standard InChI is InChI=1S/C21H23F2N3O3/c1-4-29-18(28)10-16(13-6-5-12(2)14(9-13)11-27)15-7-8-17-20(19(15)21(22)23)24-25-26(17)3/h5-9,16,21,27H,4,10-11H2,1-3H3. The number of benzene rings is 2. The molecule has 29 heavy (non-hydrogen) atoms. The lowest BCUT2D eigenvalue weighted by Crippen LogP contribution is -2.14. The van der Waals surface area contributed by atoms with Crippen molar-refractivity contribution >= 4 is 17.0 Å². The molecule has 1 unspecified atom stereocenters. The fourth-order valence-corrected chi connectivity index (χ4v) is 3.54. The molecule has 1 aromatic heterocycles. The van der Waals surface area contributed by atoms with Crippen LogP contribution < -0.4 is 0 Å². The largest absolute Gasteiger partial charge is 0.466 e. The van der Waals surface area contributed by atoms with E-state index in [4.69, 9.17) is 4.74 Å². The van der Waals surface area contributed by atoms with Crippen molar-refractivity contribution in [3.05, 3.63) is 58.1 Å². The number of aliphatic hydroxyl groups excluding tert-OH is 1. The highest BCUT2D eigenvalue weighted by molar-refractivity contribution is 5.81. The highest BCUT2D eigenvalue weighted by Crippen LogP contribution is 2.39. The summed E-state index contributed by atoms with van der Waals surface area (Å²) in [5.74, 6) is -1.15. The SMILES string of the molecule is CCOC(=O)CC(c1ccc(C)c(CO)c1)c1ccc2c(nnn2C)c1C(F)F. The Bertz CT molecular complexity index is 1030. The maximum atomic E-state index is 14.1. The number of esters is 1. The number of alkyl halides is 2. The number of aromatic nitrogens is 3. The molecule has 0 bridgehead atoms. The molecule has 3 rings (SSSR count). The number of aryl methyl sites for hydroxylation is 2. The molecule has 0 amide bonds. The Kier molecular flexibility index (Phi) is 6.22. The summed E-state index contributed by atoms with van der Waals surface area (Å²) in [6.07, 6.45) is -2.90. The molecule has 2 aromatic carbocycles. The van der Waals surface area contributed by atoms with E-state index in [0.717, 1.165) is 5.56 Å². The molecule has 0 aliphatic heterocycles. The van der Waals surface area contributed by atoms with Crippen molar-refractivity contribution in [2.45, 2.75) is 39.2 Å². The first-order valence-electron chi connectivity index (χ1n) is 9.33. The smallest absolute Gasteiger partial charge is 0.306 e. The second-order valence-electron chi connectivity index (χ2n) is 6.86. The molecule has 154 valence electrons. The molecule has 8 heteroatoms. The molecular formula is C21H23F2N3O3. The average Bonchev–Trinajstić information content (AvgIpc) is 3.07. The average molecular weight is 403 g/mol. The van der Waals surface area contributed by atoms with Gasteiger partial charge in [0.15, 0.2) is 0 Å². The number of carbonyl (C=O) groups is 1. The first kappa shape index (κ1) is 20.9. The molecule has 0 aliphatic rings. The molecule has 1 atom stereocenters. The number of nitrogens with zero attached hydrogens (tertiary/aromatic N) is 3. The van der Waals surface area contributed by atoms with E-state index in [2.05, 4.69) is 10.3 Å². The first-order chi connectivity index (χ1) is 13.9. The summed E-state index contributed by atoms with van der Waals surface area (Å²) in [5.41, 5.74) is 2.87. The second kappa shape index (κ2) is 8.65. The van der Waals surface area contributed by atoms with Gasteiger partial charge in [-0.3, -0.25) is 4.79 Å². The molecule has 0 aliphatic carbocycles. The van der Waals surface area contributed by atoms with Crippen LogP contribution in [0.5, 0.6) is 0 Å². The highest BCUT2D eigenvalue weighted by atomic mass is 19.3. The van der Waals surface area contributed by atoms with Crippen molar-refractivity contribution in [1.82, 2.24) is 15.0 Å². The third kappa shape index (κ3) is 4.12. The molecule has 0 fully saturated rings. The van der Waals surface area contributed by atoms with Crippen molar-refractivity contribution in [3.63, 3.8) is 0 Å². The molecule has 0 saturated carbocycles. The van der Waals surface area contributed by atoms with Gasteiger partial charge in [0, 0.05) is 13.0 Å². The Hall–Kier alpha value is -2.87. The topological polar surface area (TPSA) is 77.2 Å². The van der Waals surface area contributed by atoms with E-state index in [1.165, 1.54) is 4.68 Å². The van der Waals surface area contributed by atoms with Crippen LogP contribution in [0.1, 0.15) is 53.5 Å². The van der Waals surface area contributed by atoms with E-state index in [-0.39, 0.29) is 30.7 Å². The quantitative estimate of drug-likeness (QED) is 0.608. The van der Waals surface area contributed by atoms with Crippen LogP contribution in [0.15, 0.2) is 30.3 Å². The van der Waals surface area contributed by atoms with Crippen LogP contribution >= 0.6 is 0 Å². The van der Waals surface area contributed by atoms with E-state index in [9.17, 15) is 18.7 Å². The van der Waals surface area contributed by atoms with Crippen LogP contribution in [-0.4, -0.2) is 32.7 Å². The van der Waals surface area contributed by atoms with Gasteiger partial charge in [-0.1, -0.05) is 29.5 Å². The highest BCUT2D eigenvalue weighted by Gasteiger charge is 2.28. The van der Waals surface area contributed by atoms with Crippen LogP contribution in [0.4, 0.5) is 8.78 Å². The number of ether oxygens (including phenoxy) is 1. The fraction of sp³-hybridized carbons (Fsp3) is 0.381. The van der Waals surface area contributed by atoms with Gasteiger partial charge >= 0.3 is 5.97 Å². The summed E-state index contributed by atoms with van der Waals surface area (Å²) in [7, 11) is 1.63. The van der Waals surface area contributed by atoms with E-state index < -0.39 is 18.3 Å². The molecule has 3 aromatic rings. The monoisotopic (exact) mass is 403 g/mol. The zero-order chi connectivity index (χ0) is 21.1. The van der Waals surface area contributed by atoms with Gasteiger partial charge in [-0.2, -0.15) is 0 Å². The Morgan fingerprint density at radius 3 is 2.69 bits per heavy atom. The summed E-state index contributed by atoms with van der Waals surface area (Å²) < 4.78 is 34.7. The number of hydrogen-bond donors (Lipinski definition) is 1. The van der Waals surface area contributed by atoms with Crippen LogP contribution in [-0.2, 0) is 23.2 Å². The lowest BCUT2D eigenvalue weighted by atomic mass is 9.84. The predicted molar refractivity (Wildman–Crippen MR) is 104 cm³/mol. The summed E-state index contributed by atoms with van der Waals surface area (Å²) in [5, 5.41) is 17.4. The Morgan fingerprint density at radius 2 is 2.03 bits per heavy atom. The molecule has 0 saturated heterocycles. The maximum Gasteiger partial charge on any atom is 0.306 e. The van der Waals surface area contributed by atoms with Gasteiger partial charge in [0.25, 0.3) is 6.43 Å². The minimum atomic E-state index is -2.79. The van der Waals surface area contributed by atoms with Crippen molar-refractivity contribution in [3.8, 4) is 0 Å². The van der Waals surface area contributed by atoms with Gasteiger partial charge in [-0.05, 0) is 42.2 Å². The fourth-order valence-electron chi connectivity index (χ4n) is 3.54. The lowest BCUT2D eigenvalue weighted by molar-refractivity contribution is -0.143. The summed E-state index contributed by atoms with van der Waals surface area (Å²) in [6, 6.07) is 8.61. The molecular weight excluding hydrogens is 380 g/mol. The van der Waals surface area contributed by atoms with Gasteiger partial charge < -0.3 is 9.84 Å². The van der Waals surface area contributed by atoms with Gasteiger partial charge in [0.2, 0.25) is 0 Å². The minimum absolute atomic E-state index is 0.104. The van der Waals surface area contributed by atoms with Gasteiger partial charge in [0.1, 0.15) is 5.52 Å². The number of rotatable bonds is 7. The molecule has 0 radical (unpaired) electrons. The molecule has 1 heterocycles. The predicted octanol–water partition coefficient (Wildman–Crippen LogP) is 3.79. The van der Waals surface area contributed by atoms with E-state index in [1.807, 2.05) is 13.0 Å². The third-order valence-electron chi connectivity index (χ3n) is 5.07. The van der Waals surface area contributed by atoms with Crippen LogP contribution in [0.25, 0.3) is 11.0 Å². The Morgan fingerprint density at radius 1 is 1.28 bits per heavy atom. The molecule has 6 nitrogen and oxygen atoms in total. The Labute approximate surface area is 167 Å². The van der Waals surface area contributed by atoms with Crippen LogP contribution in [0.3, 0.4) is 0 Å². The van der Waals surface area contributed by atoms with Crippen molar-refractivity contribution in [1.29, 1.82) is 0 Å². The second-order valence-corrected chi connectivity index (χ2v) is 6.86. The van der Waals surface area contributed by atoms with Crippen LogP contribution in [0.2, 0.25) is 0 Å². The zero-order valence-electron chi connectivity index (χ0n) is 16.5. The first-order valence-corrected chi connectivity index (χ1v) is 9.33. The van der Waals surface area contributed by atoms with E-state index in [0.29, 0.717) is 22.2 Å². The van der Waals surface area contributed by atoms with E-state index >= 15 is 0 Å². The number of carbonyl (C=O) groups excluding carboxylic acids is 1. The molecule has 0 spiro atoms. The number of fused-ring (bicyclic) bond motifs is 1. The maximum absolute atomic E-state index is 14.1. The van der Waals surface area contributed by atoms with Crippen molar-refractivity contribution in [2.75, 3.05) is 6.61 Å². The van der Waals surface area contributed by atoms with Crippen molar-refractivity contribution in [2.24, 2.45) is 7.05 Å². The number of aliphatic hydroxyl groups is 1. The van der Waals surface area contributed by atoms with Crippen molar-refractivity contribution < 1.29 is 23.4 Å². The number of hydrogen-bond acceptors (Lipinski definition) is 5. The number of halogens is 2. The third-order valence-corrected chi connectivity index (χ3v) is 5.07. The summed E-state index contributed by atoms with van der Waals surface area (Å²) >= 11 is 0. The van der Waals surface area contributed by atoms with E-state index in [1.54, 1.807) is 38.2 Å². The lowest BCUT2D eigenvalue weighted by Gasteiger charge is -2.22. The minimum Gasteiger partial charge on any atom is -0.466 e. The Balaban J connectivity index is 2.21. The summed E-state index contributed by atoms with van der Waals surface area (Å²) in [4.78, 5) is 12.3. The molecule has 1 N–H and O–H groups in total. The van der Waals surface area contributed by atoms with Gasteiger partial charge in [0.05, 0.1) is 30.7 Å². The van der Waals surface area contributed by atoms with Gasteiger partial charge in [-0.15, -0.1) is 5.10 Å². The zero-order valence-corrected chi connectivity index (χ0v) is 16.5.